The lowest BCUT2D eigenvalue weighted by molar-refractivity contribution is -0.124. The van der Waals surface area contributed by atoms with E-state index in [1.807, 2.05) is 42.9 Å². The lowest BCUT2D eigenvalue weighted by atomic mass is 9.87. The zero-order valence-corrected chi connectivity index (χ0v) is 20.8. The van der Waals surface area contributed by atoms with E-state index in [2.05, 4.69) is 41.4 Å². The average Bonchev–Trinajstić information content (AvgIpc) is 3.45. The number of fused-ring (bicyclic) bond motifs is 1. The molecule has 7 nitrogen and oxygen atoms in total. The van der Waals surface area contributed by atoms with Crippen molar-refractivity contribution in [1.29, 1.82) is 0 Å². The lowest BCUT2D eigenvalue weighted by Crippen LogP contribution is -2.47. The fraction of sp³-hybridized carbons (Fsp3) is 0.429. The van der Waals surface area contributed by atoms with Crippen LogP contribution in [-0.2, 0) is 16.9 Å². The standard InChI is InChI=1S/C28H34N4O3/c1-20-24(21(2)32(30-20)23-9-5-4-6-10-23)18-31(3)19-27(33)29-28(13-7-8-14-28)22-11-12-25-26(17-22)35-16-15-34-25/h4-6,9-12,17H,7-8,13-16,18-19H2,1-3H3,(H,29,33). The van der Waals surface area contributed by atoms with Gasteiger partial charge in [0.25, 0.3) is 0 Å². The molecule has 1 aromatic heterocycles. The van der Waals surface area contributed by atoms with E-state index in [1.54, 1.807) is 0 Å². The van der Waals surface area contributed by atoms with E-state index in [0.717, 1.165) is 65.4 Å². The van der Waals surface area contributed by atoms with Gasteiger partial charge in [-0.2, -0.15) is 5.10 Å². The largest absolute Gasteiger partial charge is 0.486 e. The molecule has 1 fully saturated rings. The molecule has 2 aliphatic rings. The molecule has 0 atom stereocenters. The summed E-state index contributed by atoms with van der Waals surface area (Å²) < 4.78 is 13.5. The third-order valence-electron chi connectivity index (χ3n) is 7.21. The van der Waals surface area contributed by atoms with Gasteiger partial charge in [0.15, 0.2) is 11.5 Å². The Kier molecular flexibility index (Phi) is 6.52. The molecule has 1 N–H and O–H groups in total. The number of hydrogen-bond acceptors (Lipinski definition) is 5. The third kappa shape index (κ3) is 4.78. The van der Waals surface area contributed by atoms with Gasteiger partial charge in [0.1, 0.15) is 13.2 Å². The first-order chi connectivity index (χ1) is 16.9. The van der Waals surface area contributed by atoms with Crippen molar-refractivity contribution in [3.05, 3.63) is 71.0 Å². The van der Waals surface area contributed by atoms with Gasteiger partial charge in [-0.25, -0.2) is 4.68 Å². The molecule has 0 bridgehead atoms. The van der Waals surface area contributed by atoms with Crippen LogP contribution in [0.1, 0.15) is 48.2 Å². The highest BCUT2D eigenvalue weighted by Crippen LogP contribution is 2.42. The van der Waals surface area contributed by atoms with E-state index in [-0.39, 0.29) is 11.4 Å². The predicted molar refractivity (Wildman–Crippen MR) is 135 cm³/mol. The van der Waals surface area contributed by atoms with Gasteiger partial charge in [-0.15, -0.1) is 0 Å². The zero-order chi connectivity index (χ0) is 24.4. The molecular weight excluding hydrogens is 440 g/mol. The molecule has 1 amide bonds. The van der Waals surface area contributed by atoms with E-state index in [0.29, 0.717) is 26.3 Å². The van der Waals surface area contributed by atoms with Crippen molar-refractivity contribution in [2.45, 2.75) is 51.6 Å². The van der Waals surface area contributed by atoms with Crippen LogP contribution in [0.3, 0.4) is 0 Å². The summed E-state index contributed by atoms with van der Waals surface area (Å²) in [6.45, 7) is 6.23. The highest BCUT2D eigenvalue weighted by molar-refractivity contribution is 5.79. The minimum atomic E-state index is -0.349. The van der Waals surface area contributed by atoms with Gasteiger partial charge < -0.3 is 14.8 Å². The second-order valence-corrected chi connectivity index (χ2v) is 9.76. The monoisotopic (exact) mass is 474 g/mol. The summed E-state index contributed by atoms with van der Waals surface area (Å²) in [6, 6.07) is 16.2. The molecular formula is C28H34N4O3. The van der Waals surface area contributed by atoms with Gasteiger partial charge in [-0.1, -0.05) is 37.1 Å². The zero-order valence-electron chi connectivity index (χ0n) is 20.8. The second kappa shape index (κ2) is 9.74. The molecule has 1 saturated carbocycles. The molecule has 184 valence electrons. The Morgan fingerprint density at radius 2 is 1.77 bits per heavy atom. The number of aryl methyl sites for hydroxylation is 1. The Morgan fingerprint density at radius 3 is 2.51 bits per heavy atom. The molecule has 7 heteroatoms. The van der Waals surface area contributed by atoms with E-state index >= 15 is 0 Å². The number of amides is 1. The first-order valence-electron chi connectivity index (χ1n) is 12.5. The Morgan fingerprint density at radius 1 is 1.06 bits per heavy atom. The molecule has 3 aromatic rings. The van der Waals surface area contributed by atoms with Crippen LogP contribution in [0.5, 0.6) is 11.5 Å². The minimum absolute atomic E-state index is 0.0371. The topological polar surface area (TPSA) is 68.6 Å². The molecule has 35 heavy (non-hydrogen) atoms. The van der Waals surface area contributed by atoms with Crippen LogP contribution in [0.25, 0.3) is 5.69 Å². The van der Waals surface area contributed by atoms with Crippen LogP contribution in [0.4, 0.5) is 0 Å². The van der Waals surface area contributed by atoms with Crippen LogP contribution < -0.4 is 14.8 Å². The van der Waals surface area contributed by atoms with E-state index in [4.69, 9.17) is 14.6 Å². The normalized spacial score (nSPS) is 16.5. The predicted octanol–water partition coefficient (Wildman–Crippen LogP) is 4.28. The molecule has 0 unspecified atom stereocenters. The molecule has 1 aliphatic heterocycles. The number of ether oxygens (including phenoxy) is 2. The highest BCUT2D eigenvalue weighted by Gasteiger charge is 2.38. The summed E-state index contributed by atoms with van der Waals surface area (Å²) in [7, 11) is 1.99. The minimum Gasteiger partial charge on any atom is -0.486 e. The smallest absolute Gasteiger partial charge is 0.234 e. The van der Waals surface area contributed by atoms with Crippen molar-refractivity contribution in [1.82, 2.24) is 20.0 Å². The molecule has 0 radical (unpaired) electrons. The maximum atomic E-state index is 13.2. The number of hydrogen-bond donors (Lipinski definition) is 1. The Bertz CT molecular complexity index is 1200. The number of rotatable bonds is 7. The number of para-hydroxylation sites is 1. The van der Waals surface area contributed by atoms with Crippen LogP contribution >= 0.6 is 0 Å². The summed E-state index contributed by atoms with van der Waals surface area (Å²) in [5.41, 5.74) is 5.05. The number of aromatic nitrogens is 2. The molecule has 2 aromatic carbocycles. The van der Waals surface area contributed by atoms with Gasteiger partial charge >= 0.3 is 0 Å². The summed E-state index contributed by atoms with van der Waals surface area (Å²) in [5, 5.41) is 8.14. The number of nitrogens with zero attached hydrogens (tertiary/aromatic N) is 3. The molecule has 2 heterocycles. The summed E-state index contributed by atoms with van der Waals surface area (Å²) in [6.07, 6.45) is 4.07. The van der Waals surface area contributed by atoms with Crippen molar-refractivity contribution in [3.8, 4) is 17.2 Å². The maximum absolute atomic E-state index is 13.2. The van der Waals surface area contributed by atoms with Crippen molar-refractivity contribution in [2.75, 3.05) is 26.8 Å². The molecule has 1 aliphatic carbocycles. The first kappa shape index (κ1) is 23.4. The fourth-order valence-electron chi connectivity index (χ4n) is 5.41. The number of benzene rings is 2. The number of carbonyl (C=O) groups excluding carboxylic acids is 1. The summed E-state index contributed by atoms with van der Waals surface area (Å²) >= 11 is 0. The molecule has 0 saturated heterocycles. The Balaban J connectivity index is 1.28. The fourth-order valence-corrected chi connectivity index (χ4v) is 5.41. The molecule has 5 rings (SSSR count). The van der Waals surface area contributed by atoms with Gasteiger partial charge in [0.05, 0.1) is 23.5 Å². The maximum Gasteiger partial charge on any atom is 0.234 e. The van der Waals surface area contributed by atoms with Gasteiger partial charge in [-0.05, 0) is 63.6 Å². The quantitative estimate of drug-likeness (QED) is 0.554. The highest BCUT2D eigenvalue weighted by atomic mass is 16.6. The van der Waals surface area contributed by atoms with Gasteiger partial charge in [0, 0.05) is 17.8 Å². The van der Waals surface area contributed by atoms with Crippen LogP contribution in [-0.4, -0.2) is 47.4 Å². The Labute approximate surface area is 207 Å². The van der Waals surface area contributed by atoms with Crippen molar-refractivity contribution in [3.63, 3.8) is 0 Å². The van der Waals surface area contributed by atoms with E-state index in [1.165, 1.54) is 0 Å². The number of likely N-dealkylation sites (N-methyl/N-ethyl adjacent to an activating group) is 1. The van der Waals surface area contributed by atoms with Gasteiger partial charge in [0.2, 0.25) is 5.91 Å². The SMILES string of the molecule is Cc1nn(-c2ccccc2)c(C)c1CN(C)CC(=O)NC1(c2ccc3c(c2)OCCO3)CCCC1. The number of nitrogens with one attached hydrogen (secondary N) is 1. The summed E-state index contributed by atoms with van der Waals surface area (Å²) in [5.74, 6) is 1.59. The van der Waals surface area contributed by atoms with E-state index < -0.39 is 0 Å². The van der Waals surface area contributed by atoms with Crippen LogP contribution in [0.15, 0.2) is 48.5 Å². The first-order valence-corrected chi connectivity index (χ1v) is 12.5. The lowest BCUT2D eigenvalue weighted by Gasteiger charge is -2.33. The van der Waals surface area contributed by atoms with Crippen molar-refractivity contribution >= 4 is 5.91 Å². The average molecular weight is 475 g/mol. The number of carbonyl (C=O) groups is 1. The van der Waals surface area contributed by atoms with Crippen molar-refractivity contribution < 1.29 is 14.3 Å². The van der Waals surface area contributed by atoms with Gasteiger partial charge in [-0.3, -0.25) is 9.69 Å². The Hall–Kier alpha value is -3.32. The van der Waals surface area contributed by atoms with Crippen molar-refractivity contribution in [2.24, 2.45) is 0 Å². The van der Waals surface area contributed by atoms with E-state index in [9.17, 15) is 4.79 Å². The molecule has 0 spiro atoms. The second-order valence-electron chi connectivity index (χ2n) is 9.76. The third-order valence-corrected chi connectivity index (χ3v) is 7.21. The summed E-state index contributed by atoms with van der Waals surface area (Å²) in [4.78, 5) is 15.3. The van der Waals surface area contributed by atoms with Crippen LogP contribution in [0.2, 0.25) is 0 Å². The van der Waals surface area contributed by atoms with Crippen LogP contribution in [0, 0.1) is 13.8 Å².